The number of aromatic amines is 1. The van der Waals surface area contributed by atoms with Crippen molar-refractivity contribution in [2.24, 2.45) is 0 Å². The van der Waals surface area contributed by atoms with Crippen LogP contribution in [0, 0.1) is 0 Å². The molecular weight excluding hydrogens is 371 g/mol. The molecule has 1 amide bonds. The van der Waals surface area contributed by atoms with Crippen LogP contribution in [-0.4, -0.2) is 34.4 Å². The number of alkyl halides is 3. The second-order valence-corrected chi connectivity index (χ2v) is 6.75. The van der Waals surface area contributed by atoms with Crippen LogP contribution in [0.25, 0.3) is 11.0 Å². The highest BCUT2D eigenvalue weighted by molar-refractivity contribution is 5.97. The summed E-state index contributed by atoms with van der Waals surface area (Å²) in [6.07, 6.45) is -2.88. The lowest BCUT2D eigenvalue weighted by molar-refractivity contribution is -0.144. The van der Waals surface area contributed by atoms with Crippen molar-refractivity contribution in [3.05, 3.63) is 59.4 Å². The maximum absolute atomic E-state index is 13.1. The summed E-state index contributed by atoms with van der Waals surface area (Å²) in [5.74, 6) is -0.562. The van der Waals surface area contributed by atoms with Gasteiger partial charge in [0.05, 0.1) is 24.2 Å². The molecule has 0 bridgehead atoms. The normalized spacial score (nSPS) is 17.3. The number of aromatic nitrogens is 2. The molecule has 1 atom stereocenters. The number of H-pyrrole nitrogens is 1. The fraction of sp³-hybridized carbons (Fsp3) is 0.300. The predicted molar refractivity (Wildman–Crippen MR) is 97.1 cm³/mol. The van der Waals surface area contributed by atoms with Crippen molar-refractivity contribution in [1.29, 1.82) is 0 Å². The van der Waals surface area contributed by atoms with E-state index < -0.39 is 12.0 Å². The number of likely N-dealkylation sites (tertiary alicyclic amines) is 1. The highest BCUT2D eigenvalue weighted by atomic mass is 19.4. The Balaban J connectivity index is 1.64. The van der Waals surface area contributed by atoms with Gasteiger partial charge >= 0.3 is 6.18 Å². The van der Waals surface area contributed by atoms with Gasteiger partial charge in [-0.2, -0.15) is 13.2 Å². The number of hydrogen-bond donors (Lipinski definition) is 1. The average molecular weight is 389 g/mol. The fourth-order valence-electron chi connectivity index (χ4n) is 3.65. The van der Waals surface area contributed by atoms with Crippen LogP contribution in [0.1, 0.15) is 40.6 Å². The van der Waals surface area contributed by atoms with Crippen molar-refractivity contribution in [3.63, 3.8) is 0 Å². The van der Waals surface area contributed by atoms with Gasteiger partial charge in [-0.3, -0.25) is 4.79 Å². The number of rotatable bonds is 3. The summed E-state index contributed by atoms with van der Waals surface area (Å²) >= 11 is 0. The van der Waals surface area contributed by atoms with E-state index in [-0.39, 0.29) is 23.0 Å². The van der Waals surface area contributed by atoms with Gasteiger partial charge in [0.15, 0.2) is 0 Å². The summed E-state index contributed by atoms with van der Waals surface area (Å²) < 4.78 is 43.8. The Morgan fingerprint density at radius 3 is 2.82 bits per heavy atom. The van der Waals surface area contributed by atoms with Crippen molar-refractivity contribution in [2.75, 3.05) is 13.7 Å². The Morgan fingerprint density at radius 1 is 1.25 bits per heavy atom. The van der Waals surface area contributed by atoms with E-state index in [9.17, 15) is 18.0 Å². The Morgan fingerprint density at radius 2 is 2.07 bits per heavy atom. The van der Waals surface area contributed by atoms with Crippen LogP contribution in [0.2, 0.25) is 0 Å². The van der Waals surface area contributed by atoms with E-state index in [0.717, 1.165) is 24.2 Å². The first-order chi connectivity index (χ1) is 13.4. The first-order valence-corrected chi connectivity index (χ1v) is 8.89. The van der Waals surface area contributed by atoms with E-state index in [4.69, 9.17) is 4.74 Å². The van der Waals surface area contributed by atoms with E-state index >= 15 is 0 Å². The molecule has 1 aliphatic heterocycles. The van der Waals surface area contributed by atoms with Crippen LogP contribution >= 0.6 is 0 Å². The number of ether oxygens (including phenoxy) is 1. The molecule has 0 spiro atoms. The number of carbonyl (C=O) groups excluding carboxylic acids is 1. The monoisotopic (exact) mass is 389 g/mol. The summed E-state index contributed by atoms with van der Waals surface area (Å²) in [6.45, 7) is 0.593. The standard InChI is InChI=1S/C20H18F3N3O2/c1-28-14-5-2-4-12(10-14)17-6-3-9-26(17)18(27)13-7-8-15-16(11-13)25-19(24-15)20(21,22)23/h2,4-5,7-8,10-11,17H,3,6,9H2,1H3,(H,24,25). The first kappa shape index (κ1) is 18.3. The number of amides is 1. The Bertz CT molecular complexity index is 1030. The molecule has 0 aliphatic carbocycles. The Labute approximate surface area is 159 Å². The maximum atomic E-state index is 13.1. The third kappa shape index (κ3) is 3.30. The fourth-order valence-corrected chi connectivity index (χ4v) is 3.65. The number of nitrogens with zero attached hydrogens (tertiary/aromatic N) is 2. The lowest BCUT2D eigenvalue weighted by Crippen LogP contribution is -2.30. The Hall–Kier alpha value is -3.03. The van der Waals surface area contributed by atoms with Crippen LogP contribution < -0.4 is 4.74 Å². The molecule has 2 heterocycles. The van der Waals surface area contributed by atoms with Crippen molar-refractivity contribution >= 4 is 16.9 Å². The van der Waals surface area contributed by atoms with Crippen molar-refractivity contribution in [2.45, 2.75) is 25.1 Å². The minimum Gasteiger partial charge on any atom is -0.497 e. The number of halogens is 3. The molecule has 2 aromatic carbocycles. The molecule has 1 aromatic heterocycles. The van der Waals surface area contributed by atoms with Gasteiger partial charge in [0, 0.05) is 12.1 Å². The van der Waals surface area contributed by atoms with Gasteiger partial charge in [0.25, 0.3) is 5.91 Å². The van der Waals surface area contributed by atoms with E-state index in [1.54, 1.807) is 12.0 Å². The highest BCUT2D eigenvalue weighted by Gasteiger charge is 2.35. The molecule has 1 fully saturated rings. The number of methoxy groups -OCH3 is 1. The van der Waals surface area contributed by atoms with Crippen LogP contribution in [0.5, 0.6) is 5.75 Å². The Kier molecular flexibility index (Phi) is 4.49. The quantitative estimate of drug-likeness (QED) is 0.714. The molecule has 5 nitrogen and oxygen atoms in total. The van der Waals surface area contributed by atoms with Crippen molar-refractivity contribution in [1.82, 2.24) is 14.9 Å². The van der Waals surface area contributed by atoms with Gasteiger partial charge in [-0.25, -0.2) is 4.98 Å². The maximum Gasteiger partial charge on any atom is 0.449 e. The zero-order valence-electron chi connectivity index (χ0n) is 15.1. The molecule has 1 N–H and O–H groups in total. The molecule has 146 valence electrons. The summed E-state index contributed by atoms with van der Waals surface area (Å²) in [5, 5.41) is 0. The minimum atomic E-state index is -4.56. The number of fused-ring (bicyclic) bond motifs is 1. The van der Waals surface area contributed by atoms with Crippen LogP contribution in [-0.2, 0) is 6.18 Å². The molecule has 28 heavy (non-hydrogen) atoms. The number of imidazole rings is 1. The molecule has 0 radical (unpaired) electrons. The summed E-state index contributed by atoms with van der Waals surface area (Å²) in [6, 6.07) is 11.9. The van der Waals surface area contributed by atoms with Crippen LogP contribution in [0.15, 0.2) is 42.5 Å². The van der Waals surface area contributed by atoms with Gasteiger partial charge in [-0.15, -0.1) is 0 Å². The second-order valence-electron chi connectivity index (χ2n) is 6.75. The zero-order chi connectivity index (χ0) is 19.9. The van der Waals surface area contributed by atoms with Gasteiger partial charge in [0.1, 0.15) is 5.75 Å². The van der Waals surface area contributed by atoms with E-state index in [2.05, 4.69) is 9.97 Å². The molecule has 1 aliphatic rings. The molecule has 3 aromatic rings. The topological polar surface area (TPSA) is 58.2 Å². The van der Waals surface area contributed by atoms with E-state index in [0.29, 0.717) is 12.1 Å². The average Bonchev–Trinajstić information content (AvgIpc) is 3.33. The van der Waals surface area contributed by atoms with Crippen molar-refractivity contribution in [3.8, 4) is 5.75 Å². The predicted octanol–water partition coefficient (Wildman–Crippen LogP) is 4.57. The largest absolute Gasteiger partial charge is 0.497 e. The van der Waals surface area contributed by atoms with Crippen molar-refractivity contribution < 1.29 is 22.7 Å². The highest BCUT2D eigenvalue weighted by Crippen LogP contribution is 2.35. The number of benzene rings is 2. The zero-order valence-corrected chi connectivity index (χ0v) is 15.1. The summed E-state index contributed by atoms with van der Waals surface area (Å²) in [5.41, 5.74) is 1.68. The molecule has 1 unspecified atom stereocenters. The number of hydrogen-bond acceptors (Lipinski definition) is 3. The third-order valence-corrected chi connectivity index (χ3v) is 4.99. The first-order valence-electron chi connectivity index (χ1n) is 8.89. The molecule has 8 heteroatoms. The van der Waals surface area contributed by atoms with Crippen LogP contribution in [0.4, 0.5) is 13.2 Å². The summed E-state index contributed by atoms with van der Waals surface area (Å²) in [4.78, 5) is 20.6. The van der Waals surface area contributed by atoms with Gasteiger partial charge in [0.2, 0.25) is 5.82 Å². The molecule has 1 saturated heterocycles. The third-order valence-electron chi connectivity index (χ3n) is 4.99. The molecular formula is C20H18F3N3O2. The van der Waals surface area contributed by atoms with E-state index in [1.807, 2.05) is 24.3 Å². The number of carbonyl (C=O) groups is 1. The van der Waals surface area contributed by atoms with Gasteiger partial charge in [-0.05, 0) is 48.7 Å². The van der Waals surface area contributed by atoms with Gasteiger partial charge < -0.3 is 14.6 Å². The lowest BCUT2D eigenvalue weighted by Gasteiger charge is -2.25. The SMILES string of the molecule is COc1cccc(C2CCCN2C(=O)c2ccc3nc(C(F)(F)F)[nH]c3c2)c1. The lowest BCUT2D eigenvalue weighted by atomic mass is 10.0. The second kappa shape index (κ2) is 6.85. The number of nitrogens with one attached hydrogen (secondary N) is 1. The molecule has 4 rings (SSSR count). The van der Waals surface area contributed by atoms with E-state index in [1.165, 1.54) is 18.2 Å². The van der Waals surface area contributed by atoms with Crippen LogP contribution in [0.3, 0.4) is 0 Å². The minimum absolute atomic E-state index is 0.0919. The smallest absolute Gasteiger partial charge is 0.449 e. The molecule has 0 saturated carbocycles. The van der Waals surface area contributed by atoms with Gasteiger partial charge in [-0.1, -0.05) is 12.1 Å². The summed E-state index contributed by atoms with van der Waals surface area (Å²) in [7, 11) is 1.59.